The lowest BCUT2D eigenvalue weighted by Gasteiger charge is -1.89. The Hall–Kier alpha value is -0.890. The predicted octanol–water partition coefficient (Wildman–Crippen LogP) is 1.71. The zero-order valence-electron chi connectivity index (χ0n) is 6.66. The van der Waals surface area contributed by atoms with Crippen LogP contribution in [0.25, 0.3) is 0 Å². The quantitative estimate of drug-likeness (QED) is 0.662. The van der Waals surface area contributed by atoms with Crippen LogP contribution in [0.1, 0.15) is 25.0 Å². The summed E-state index contributed by atoms with van der Waals surface area (Å²) in [6.07, 6.45) is 6.24. The van der Waals surface area contributed by atoms with E-state index in [9.17, 15) is 0 Å². The van der Waals surface area contributed by atoms with Gasteiger partial charge in [0.2, 0.25) is 0 Å². The SMILES string of the molecule is C1CC1.NCc1ccccn1. The highest BCUT2D eigenvalue weighted by Crippen LogP contribution is 2.14. The molecule has 1 aliphatic rings. The topological polar surface area (TPSA) is 38.9 Å². The van der Waals surface area contributed by atoms with E-state index in [-0.39, 0.29) is 0 Å². The maximum Gasteiger partial charge on any atom is 0.0539 e. The first-order chi connectivity index (χ1) is 5.43. The van der Waals surface area contributed by atoms with Crippen molar-refractivity contribution in [3.05, 3.63) is 30.1 Å². The van der Waals surface area contributed by atoms with Crippen molar-refractivity contribution in [3.8, 4) is 0 Å². The molecule has 1 fully saturated rings. The Kier molecular flexibility index (Phi) is 3.62. The van der Waals surface area contributed by atoms with Gasteiger partial charge in [-0.25, -0.2) is 0 Å². The average molecular weight is 150 g/mol. The molecule has 1 aromatic heterocycles. The smallest absolute Gasteiger partial charge is 0.0539 e. The first-order valence-electron chi connectivity index (χ1n) is 4.03. The monoisotopic (exact) mass is 150 g/mol. The average Bonchev–Trinajstić information content (AvgIpc) is 2.92. The summed E-state index contributed by atoms with van der Waals surface area (Å²) in [5.74, 6) is 0. The molecule has 0 saturated heterocycles. The number of nitrogens with zero attached hydrogens (tertiary/aromatic N) is 1. The lowest BCUT2D eigenvalue weighted by atomic mass is 10.4. The van der Waals surface area contributed by atoms with Crippen LogP contribution in [0.15, 0.2) is 24.4 Å². The van der Waals surface area contributed by atoms with E-state index in [0.29, 0.717) is 6.54 Å². The Morgan fingerprint density at radius 2 is 2.00 bits per heavy atom. The van der Waals surface area contributed by atoms with Crippen LogP contribution in [-0.2, 0) is 6.54 Å². The second kappa shape index (κ2) is 4.85. The number of nitrogens with two attached hydrogens (primary N) is 1. The molecule has 0 aliphatic heterocycles. The zero-order valence-corrected chi connectivity index (χ0v) is 6.66. The summed E-state index contributed by atoms with van der Waals surface area (Å²) in [5.41, 5.74) is 6.22. The molecule has 0 spiro atoms. The van der Waals surface area contributed by atoms with E-state index >= 15 is 0 Å². The zero-order chi connectivity index (χ0) is 7.94. The van der Waals surface area contributed by atoms with E-state index in [0.717, 1.165) is 5.69 Å². The molecule has 0 radical (unpaired) electrons. The summed E-state index contributed by atoms with van der Waals surface area (Å²) in [7, 11) is 0. The minimum absolute atomic E-state index is 0.529. The van der Waals surface area contributed by atoms with Crippen LogP contribution >= 0.6 is 0 Å². The Bertz CT molecular complexity index is 179. The molecular formula is C9H14N2. The van der Waals surface area contributed by atoms with Gasteiger partial charge in [-0.2, -0.15) is 0 Å². The van der Waals surface area contributed by atoms with Crippen LogP contribution < -0.4 is 5.73 Å². The van der Waals surface area contributed by atoms with Gasteiger partial charge in [-0.05, 0) is 12.1 Å². The number of aromatic nitrogens is 1. The van der Waals surface area contributed by atoms with E-state index in [1.807, 2.05) is 18.2 Å². The van der Waals surface area contributed by atoms with Crippen LogP contribution in [0.3, 0.4) is 0 Å². The molecule has 0 unspecified atom stereocenters. The third-order valence-corrected chi connectivity index (χ3v) is 1.29. The first kappa shape index (κ1) is 8.21. The molecule has 11 heavy (non-hydrogen) atoms. The second-order valence-corrected chi connectivity index (χ2v) is 2.59. The summed E-state index contributed by atoms with van der Waals surface area (Å²) in [6.45, 7) is 0.529. The van der Waals surface area contributed by atoms with Crippen LogP contribution in [0.4, 0.5) is 0 Å². The van der Waals surface area contributed by atoms with Gasteiger partial charge < -0.3 is 5.73 Å². The normalized spacial score (nSPS) is 13.2. The maximum atomic E-state index is 5.29. The van der Waals surface area contributed by atoms with Crippen LogP contribution in [0, 0.1) is 0 Å². The summed E-state index contributed by atoms with van der Waals surface area (Å²) >= 11 is 0. The van der Waals surface area contributed by atoms with Crippen molar-refractivity contribution in [1.82, 2.24) is 4.98 Å². The molecule has 1 heterocycles. The first-order valence-corrected chi connectivity index (χ1v) is 4.03. The van der Waals surface area contributed by atoms with Gasteiger partial charge in [-0.1, -0.05) is 25.3 Å². The summed E-state index contributed by atoms with van der Waals surface area (Å²) in [4.78, 5) is 3.97. The second-order valence-electron chi connectivity index (χ2n) is 2.59. The van der Waals surface area contributed by atoms with E-state index in [2.05, 4.69) is 4.98 Å². The largest absolute Gasteiger partial charge is 0.325 e. The molecule has 2 nitrogen and oxygen atoms in total. The van der Waals surface area contributed by atoms with Gasteiger partial charge in [-0.3, -0.25) is 4.98 Å². The molecule has 2 heteroatoms. The summed E-state index contributed by atoms with van der Waals surface area (Å²) < 4.78 is 0. The number of rotatable bonds is 1. The molecule has 0 atom stereocenters. The molecule has 0 aromatic carbocycles. The number of pyridine rings is 1. The third-order valence-electron chi connectivity index (χ3n) is 1.29. The van der Waals surface area contributed by atoms with Gasteiger partial charge in [0.1, 0.15) is 0 Å². The fourth-order valence-corrected chi connectivity index (χ4v) is 0.519. The van der Waals surface area contributed by atoms with E-state index in [4.69, 9.17) is 5.73 Å². The van der Waals surface area contributed by atoms with Gasteiger partial charge in [0.15, 0.2) is 0 Å². The fraction of sp³-hybridized carbons (Fsp3) is 0.444. The molecule has 1 aromatic rings. The molecule has 1 aliphatic carbocycles. The van der Waals surface area contributed by atoms with Crippen molar-refractivity contribution < 1.29 is 0 Å². The Labute approximate surface area is 67.5 Å². The highest BCUT2D eigenvalue weighted by molar-refractivity contribution is 5.02. The Morgan fingerprint density at radius 3 is 2.27 bits per heavy atom. The van der Waals surface area contributed by atoms with Crippen LogP contribution in [0.5, 0.6) is 0 Å². The van der Waals surface area contributed by atoms with Crippen molar-refractivity contribution >= 4 is 0 Å². The lowest BCUT2D eigenvalue weighted by molar-refractivity contribution is 0.991. The molecule has 0 amide bonds. The number of hydrogen-bond donors (Lipinski definition) is 1. The highest BCUT2D eigenvalue weighted by atomic mass is 14.7. The molecule has 2 N–H and O–H groups in total. The molecule has 0 bridgehead atoms. The summed E-state index contributed by atoms with van der Waals surface area (Å²) in [5, 5.41) is 0. The van der Waals surface area contributed by atoms with Gasteiger partial charge in [0.05, 0.1) is 5.69 Å². The Morgan fingerprint density at radius 1 is 1.27 bits per heavy atom. The van der Waals surface area contributed by atoms with Crippen molar-refractivity contribution in [2.45, 2.75) is 25.8 Å². The van der Waals surface area contributed by atoms with Gasteiger partial charge >= 0.3 is 0 Å². The standard InChI is InChI=1S/C6H8N2.C3H6/c7-5-6-3-1-2-4-8-6;1-2-3-1/h1-4H,5,7H2;1-3H2. The number of hydrogen-bond acceptors (Lipinski definition) is 2. The molecule has 2 rings (SSSR count). The lowest BCUT2D eigenvalue weighted by Crippen LogP contribution is -1.97. The van der Waals surface area contributed by atoms with Crippen molar-refractivity contribution in [3.63, 3.8) is 0 Å². The fourth-order valence-electron chi connectivity index (χ4n) is 0.519. The minimum atomic E-state index is 0.529. The van der Waals surface area contributed by atoms with Crippen molar-refractivity contribution in [1.29, 1.82) is 0 Å². The van der Waals surface area contributed by atoms with Crippen LogP contribution in [0.2, 0.25) is 0 Å². The molecule has 60 valence electrons. The maximum absolute atomic E-state index is 5.29. The molecule has 1 saturated carbocycles. The summed E-state index contributed by atoms with van der Waals surface area (Å²) in [6, 6.07) is 5.70. The van der Waals surface area contributed by atoms with Crippen molar-refractivity contribution in [2.24, 2.45) is 5.73 Å². The van der Waals surface area contributed by atoms with E-state index in [1.54, 1.807) is 6.20 Å². The third kappa shape index (κ3) is 4.51. The van der Waals surface area contributed by atoms with E-state index < -0.39 is 0 Å². The highest BCUT2D eigenvalue weighted by Gasteiger charge is 1.95. The minimum Gasteiger partial charge on any atom is -0.325 e. The van der Waals surface area contributed by atoms with Crippen molar-refractivity contribution in [2.75, 3.05) is 0 Å². The Balaban J connectivity index is 0.000000167. The van der Waals surface area contributed by atoms with Gasteiger partial charge in [0.25, 0.3) is 0 Å². The van der Waals surface area contributed by atoms with Gasteiger partial charge in [0, 0.05) is 12.7 Å². The predicted molar refractivity (Wildman–Crippen MR) is 46.0 cm³/mol. The molecular weight excluding hydrogens is 136 g/mol. The van der Waals surface area contributed by atoms with Gasteiger partial charge in [-0.15, -0.1) is 0 Å². The van der Waals surface area contributed by atoms with Crippen LogP contribution in [-0.4, -0.2) is 4.98 Å². The van der Waals surface area contributed by atoms with E-state index in [1.165, 1.54) is 19.3 Å².